The highest BCUT2D eigenvalue weighted by atomic mass is 19.2. The predicted molar refractivity (Wildman–Crippen MR) is 64.5 cm³/mol. The molecule has 0 bridgehead atoms. The summed E-state index contributed by atoms with van der Waals surface area (Å²) >= 11 is 0. The van der Waals surface area contributed by atoms with Crippen LogP contribution >= 0.6 is 0 Å². The lowest BCUT2D eigenvalue weighted by atomic mass is 9.97. The van der Waals surface area contributed by atoms with Crippen molar-refractivity contribution in [1.29, 1.82) is 0 Å². The number of aromatic nitrogens is 1. The summed E-state index contributed by atoms with van der Waals surface area (Å²) in [4.78, 5) is 4.11. The van der Waals surface area contributed by atoms with E-state index < -0.39 is 17.7 Å². The molecule has 18 heavy (non-hydrogen) atoms. The van der Waals surface area contributed by atoms with Gasteiger partial charge in [0.05, 0.1) is 6.04 Å². The predicted octanol–water partition coefficient (Wildman–Crippen LogP) is 2.22. The van der Waals surface area contributed by atoms with E-state index >= 15 is 0 Å². The number of hydrogen-bond acceptors (Lipinski definition) is 3. The van der Waals surface area contributed by atoms with E-state index in [1.807, 2.05) is 0 Å². The molecule has 0 saturated carbocycles. The molecule has 5 heteroatoms. The second-order valence-electron chi connectivity index (χ2n) is 3.92. The van der Waals surface area contributed by atoms with Crippen molar-refractivity contribution in [3.63, 3.8) is 0 Å². The summed E-state index contributed by atoms with van der Waals surface area (Å²) in [7, 11) is 0. The highest BCUT2D eigenvalue weighted by Gasteiger charge is 2.20. The van der Waals surface area contributed by atoms with E-state index in [-0.39, 0.29) is 5.56 Å². The topological polar surface area (TPSA) is 50.9 Å². The van der Waals surface area contributed by atoms with Crippen LogP contribution in [0, 0.1) is 18.6 Å². The zero-order valence-electron chi connectivity index (χ0n) is 9.82. The first-order chi connectivity index (χ1) is 8.65. The van der Waals surface area contributed by atoms with Crippen molar-refractivity contribution < 1.29 is 8.78 Å². The number of aryl methyl sites for hydroxylation is 1. The molecule has 0 aliphatic rings. The van der Waals surface area contributed by atoms with Gasteiger partial charge in [-0.1, -0.05) is 18.2 Å². The Morgan fingerprint density at radius 3 is 2.56 bits per heavy atom. The molecule has 1 aromatic heterocycles. The molecule has 3 nitrogen and oxygen atoms in total. The second-order valence-corrected chi connectivity index (χ2v) is 3.92. The molecule has 3 N–H and O–H groups in total. The molecular weight excluding hydrogens is 236 g/mol. The van der Waals surface area contributed by atoms with E-state index in [4.69, 9.17) is 5.84 Å². The fourth-order valence-corrected chi connectivity index (χ4v) is 1.89. The van der Waals surface area contributed by atoms with Crippen LogP contribution in [-0.2, 0) is 0 Å². The largest absolute Gasteiger partial charge is 0.271 e. The zero-order chi connectivity index (χ0) is 13.1. The average molecular weight is 249 g/mol. The van der Waals surface area contributed by atoms with Gasteiger partial charge in [0, 0.05) is 17.5 Å². The van der Waals surface area contributed by atoms with Crippen molar-refractivity contribution in [2.75, 3.05) is 0 Å². The highest BCUT2D eigenvalue weighted by Crippen LogP contribution is 2.26. The molecule has 0 radical (unpaired) electrons. The first-order valence-electron chi connectivity index (χ1n) is 5.46. The number of pyridine rings is 1. The average Bonchev–Trinajstić information content (AvgIpc) is 2.37. The molecule has 1 aromatic carbocycles. The zero-order valence-corrected chi connectivity index (χ0v) is 9.82. The Hall–Kier alpha value is -1.85. The Morgan fingerprint density at radius 1 is 1.17 bits per heavy atom. The Labute approximate surface area is 104 Å². The van der Waals surface area contributed by atoms with Gasteiger partial charge >= 0.3 is 0 Å². The summed E-state index contributed by atoms with van der Waals surface area (Å²) < 4.78 is 27.0. The fourth-order valence-electron chi connectivity index (χ4n) is 1.89. The van der Waals surface area contributed by atoms with Gasteiger partial charge in [0.1, 0.15) is 0 Å². The Bertz CT molecular complexity index is 558. The molecule has 0 aliphatic heterocycles. The Balaban J connectivity index is 2.53. The number of nitrogens with zero attached hydrogens (tertiary/aromatic N) is 1. The standard InChI is InChI=1S/C13H13F2N3/c1-8-9(5-3-7-17-8)13(18-16)10-4-2-6-11(14)12(10)15/h2-7,13,18H,16H2,1H3. The van der Waals surface area contributed by atoms with Crippen molar-refractivity contribution in [2.45, 2.75) is 13.0 Å². The number of nitrogens with one attached hydrogen (secondary N) is 1. The maximum absolute atomic E-state index is 13.8. The van der Waals surface area contributed by atoms with Gasteiger partial charge in [0.25, 0.3) is 0 Å². The minimum atomic E-state index is -0.899. The minimum Gasteiger partial charge on any atom is -0.271 e. The van der Waals surface area contributed by atoms with Gasteiger partial charge in [0.15, 0.2) is 11.6 Å². The normalized spacial score (nSPS) is 12.4. The second kappa shape index (κ2) is 5.20. The quantitative estimate of drug-likeness (QED) is 0.647. The van der Waals surface area contributed by atoms with Crippen LogP contribution in [-0.4, -0.2) is 4.98 Å². The molecule has 0 saturated heterocycles. The van der Waals surface area contributed by atoms with Gasteiger partial charge in [-0.15, -0.1) is 0 Å². The lowest BCUT2D eigenvalue weighted by molar-refractivity contribution is 0.482. The summed E-state index contributed by atoms with van der Waals surface area (Å²) in [5, 5.41) is 0. The molecule has 0 spiro atoms. The molecule has 1 heterocycles. The Kier molecular flexibility index (Phi) is 3.64. The lowest BCUT2D eigenvalue weighted by Gasteiger charge is -2.19. The number of nitrogens with two attached hydrogens (primary N) is 1. The smallest absolute Gasteiger partial charge is 0.163 e. The molecular formula is C13H13F2N3. The fraction of sp³-hybridized carbons (Fsp3) is 0.154. The third-order valence-corrected chi connectivity index (χ3v) is 2.82. The monoisotopic (exact) mass is 249 g/mol. The number of rotatable bonds is 3. The molecule has 2 aromatic rings. The number of hydrogen-bond donors (Lipinski definition) is 2. The molecule has 0 fully saturated rings. The van der Waals surface area contributed by atoms with E-state index in [1.165, 1.54) is 12.1 Å². The molecule has 2 rings (SSSR count). The molecule has 1 unspecified atom stereocenters. The van der Waals surface area contributed by atoms with Crippen LogP contribution in [0.5, 0.6) is 0 Å². The van der Waals surface area contributed by atoms with Crippen molar-refractivity contribution in [3.8, 4) is 0 Å². The van der Waals surface area contributed by atoms with Gasteiger partial charge in [-0.2, -0.15) is 0 Å². The van der Waals surface area contributed by atoms with E-state index in [1.54, 1.807) is 25.3 Å². The molecule has 94 valence electrons. The number of halogens is 2. The van der Waals surface area contributed by atoms with Gasteiger partial charge < -0.3 is 0 Å². The van der Waals surface area contributed by atoms with Gasteiger partial charge in [0.2, 0.25) is 0 Å². The van der Waals surface area contributed by atoms with Crippen LogP contribution in [0.4, 0.5) is 8.78 Å². The third kappa shape index (κ3) is 2.23. The van der Waals surface area contributed by atoms with Crippen molar-refractivity contribution in [2.24, 2.45) is 5.84 Å². The Morgan fingerprint density at radius 2 is 1.89 bits per heavy atom. The van der Waals surface area contributed by atoms with E-state index in [9.17, 15) is 8.78 Å². The summed E-state index contributed by atoms with van der Waals surface area (Å²) in [6, 6.07) is 6.89. The van der Waals surface area contributed by atoms with Crippen molar-refractivity contribution in [3.05, 3.63) is 65.0 Å². The van der Waals surface area contributed by atoms with Gasteiger partial charge in [-0.05, 0) is 24.6 Å². The first kappa shape index (κ1) is 12.6. The van der Waals surface area contributed by atoms with E-state index in [0.29, 0.717) is 11.3 Å². The van der Waals surface area contributed by atoms with E-state index in [2.05, 4.69) is 10.4 Å². The van der Waals surface area contributed by atoms with E-state index in [0.717, 1.165) is 6.07 Å². The van der Waals surface area contributed by atoms with Crippen LogP contribution in [0.1, 0.15) is 22.9 Å². The van der Waals surface area contributed by atoms with Gasteiger partial charge in [-0.25, -0.2) is 14.2 Å². The maximum Gasteiger partial charge on any atom is 0.163 e. The van der Waals surface area contributed by atoms with Gasteiger partial charge in [-0.3, -0.25) is 10.8 Å². The van der Waals surface area contributed by atoms with Crippen LogP contribution in [0.3, 0.4) is 0 Å². The number of hydrazine groups is 1. The number of benzene rings is 1. The molecule has 0 amide bonds. The minimum absolute atomic E-state index is 0.161. The van der Waals surface area contributed by atoms with Crippen LogP contribution < -0.4 is 11.3 Å². The summed E-state index contributed by atoms with van der Waals surface area (Å²) in [5.41, 5.74) is 4.08. The first-order valence-corrected chi connectivity index (χ1v) is 5.46. The third-order valence-electron chi connectivity index (χ3n) is 2.82. The summed E-state index contributed by atoms with van der Waals surface area (Å²) in [5.74, 6) is 3.66. The molecule has 0 aliphatic carbocycles. The van der Waals surface area contributed by atoms with Crippen LogP contribution in [0.15, 0.2) is 36.5 Å². The summed E-state index contributed by atoms with van der Waals surface area (Å²) in [6.07, 6.45) is 1.63. The van der Waals surface area contributed by atoms with Crippen LogP contribution in [0.2, 0.25) is 0 Å². The lowest BCUT2D eigenvalue weighted by Crippen LogP contribution is -2.30. The van der Waals surface area contributed by atoms with Crippen molar-refractivity contribution in [1.82, 2.24) is 10.4 Å². The highest BCUT2D eigenvalue weighted by molar-refractivity contribution is 5.34. The summed E-state index contributed by atoms with van der Waals surface area (Å²) in [6.45, 7) is 1.79. The SMILES string of the molecule is Cc1ncccc1C(NN)c1cccc(F)c1F. The maximum atomic E-state index is 13.8. The van der Waals surface area contributed by atoms with Crippen LogP contribution in [0.25, 0.3) is 0 Å². The molecule has 1 atom stereocenters. The van der Waals surface area contributed by atoms with Crippen molar-refractivity contribution >= 4 is 0 Å².